The standard InChI is InChI=1S/C25H24N2O5/c1-15-11-21(28)19-12-16(3-6-20(19)26-15)24(30)27-9-7-25(8-10-27)14-22(29)18-5-4-17(31-2)13-23(18)32-25/h3-6,11-13H,7-10,14H2,1-2H3,(H,26,28). The van der Waals surface area contributed by atoms with Gasteiger partial charge >= 0.3 is 0 Å². The zero-order valence-corrected chi connectivity index (χ0v) is 18.1. The van der Waals surface area contributed by atoms with Crippen LogP contribution < -0.4 is 14.9 Å². The Hall–Kier alpha value is -3.61. The van der Waals surface area contributed by atoms with Crippen molar-refractivity contribution in [3.8, 4) is 11.5 Å². The third kappa shape index (κ3) is 3.43. The summed E-state index contributed by atoms with van der Waals surface area (Å²) in [5.41, 5.74) is 1.85. The second-order valence-corrected chi connectivity index (χ2v) is 8.62. The number of aromatic amines is 1. The summed E-state index contributed by atoms with van der Waals surface area (Å²) in [6.45, 7) is 2.79. The number of hydrogen-bond donors (Lipinski definition) is 1. The highest BCUT2D eigenvalue weighted by atomic mass is 16.5. The number of H-pyrrole nitrogens is 1. The van der Waals surface area contributed by atoms with Gasteiger partial charge in [0.25, 0.3) is 5.91 Å². The first-order chi connectivity index (χ1) is 15.4. The molecule has 1 amide bonds. The summed E-state index contributed by atoms with van der Waals surface area (Å²) in [4.78, 5) is 43.1. The van der Waals surface area contributed by atoms with Crippen molar-refractivity contribution in [1.29, 1.82) is 0 Å². The summed E-state index contributed by atoms with van der Waals surface area (Å²) in [6, 6.07) is 12.0. The van der Waals surface area contributed by atoms with Crippen LogP contribution in [0.1, 0.15) is 45.7 Å². The lowest BCUT2D eigenvalue weighted by molar-refractivity contribution is -0.00580. The molecule has 0 atom stereocenters. The molecule has 3 aromatic rings. The summed E-state index contributed by atoms with van der Waals surface area (Å²) in [7, 11) is 1.58. The zero-order chi connectivity index (χ0) is 22.5. The van der Waals surface area contributed by atoms with Gasteiger partial charge in [-0.25, -0.2) is 0 Å². The van der Waals surface area contributed by atoms with E-state index >= 15 is 0 Å². The second kappa shape index (κ2) is 7.51. The van der Waals surface area contributed by atoms with Gasteiger partial charge in [0.05, 0.1) is 19.1 Å². The van der Waals surface area contributed by atoms with E-state index in [1.54, 1.807) is 48.4 Å². The van der Waals surface area contributed by atoms with Gasteiger partial charge in [0.15, 0.2) is 11.2 Å². The smallest absolute Gasteiger partial charge is 0.253 e. The summed E-state index contributed by atoms with van der Waals surface area (Å²) in [6.07, 6.45) is 1.43. The zero-order valence-electron chi connectivity index (χ0n) is 18.1. The van der Waals surface area contributed by atoms with Gasteiger partial charge in [-0.1, -0.05) is 0 Å². The van der Waals surface area contributed by atoms with Crippen molar-refractivity contribution in [2.75, 3.05) is 20.2 Å². The molecule has 0 bridgehead atoms. The third-order valence-electron chi connectivity index (χ3n) is 6.47. The average Bonchev–Trinajstić information content (AvgIpc) is 2.78. The number of carbonyl (C=O) groups is 2. The van der Waals surface area contributed by atoms with Gasteiger partial charge in [-0.2, -0.15) is 0 Å². The Morgan fingerprint density at radius 3 is 2.62 bits per heavy atom. The maximum atomic E-state index is 13.1. The number of likely N-dealkylation sites (tertiary alicyclic amines) is 1. The van der Waals surface area contributed by atoms with Gasteiger partial charge in [0, 0.05) is 60.2 Å². The number of methoxy groups -OCH3 is 1. The number of nitrogens with zero attached hydrogens (tertiary/aromatic N) is 1. The van der Waals surface area contributed by atoms with Crippen LogP contribution in [0.4, 0.5) is 0 Å². The van der Waals surface area contributed by atoms with Crippen LogP contribution in [-0.4, -0.2) is 47.4 Å². The van der Waals surface area contributed by atoms with Gasteiger partial charge in [-0.05, 0) is 37.3 Å². The number of aromatic nitrogens is 1. The van der Waals surface area contributed by atoms with Crippen molar-refractivity contribution >= 4 is 22.6 Å². The molecule has 2 aliphatic rings. The molecule has 0 radical (unpaired) electrons. The molecule has 0 aliphatic carbocycles. The number of ketones is 1. The van der Waals surface area contributed by atoms with E-state index in [-0.39, 0.29) is 17.1 Å². The number of benzene rings is 2. The summed E-state index contributed by atoms with van der Waals surface area (Å²) >= 11 is 0. The fraction of sp³-hybridized carbons (Fsp3) is 0.320. The Morgan fingerprint density at radius 1 is 1.09 bits per heavy atom. The van der Waals surface area contributed by atoms with E-state index in [0.717, 1.165) is 5.69 Å². The molecule has 1 N–H and O–H groups in total. The van der Waals surface area contributed by atoms with Crippen LogP contribution in [0, 0.1) is 6.92 Å². The maximum Gasteiger partial charge on any atom is 0.253 e. The number of aryl methyl sites for hydroxylation is 1. The molecule has 0 saturated carbocycles. The monoisotopic (exact) mass is 432 g/mol. The normalized spacial score (nSPS) is 17.2. The average molecular weight is 432 g/mol. The predicted octanol–water partition coefficient (Wildman–Crippen LogP) is 3.49. The van der Waals surface area contributed by atoms with E-state index < -0.39 is 5.60 Å². The molecule has 164 valence electrons. The lowest BCUT2D eigenvalue weighted by Gasteiger charge is -2.44. The van der Waals surface area contributed by atoms with Crippen LogP contribution in [0.5, 0.6) is 11.5 Å². The fourth-order valence-electron chi connectivity index (χ4n) is 4.69. The van der Waals surface area contributed by atoms with E-state index in [2.05, 4.69) is 4.98 Å². The van der Waals surface area contributed by atoms with Crippen LogP contribution in [-0.2, 0) is 0 Å². The van der Waals surface area contributed by atoms with Gasteiger partial charge in [0.2, 0.25) is 0 Å². The van der Waals surface area contributed by atoms with Gasteiger partial charge in [0.1, 0.15) is 17.1 Å². The number of rotatable bonds is 2. The first-order valence-electron chi connectivity index (χ1n) is 10.7. The number of fused-ring (bicyclic) bond motifs is 2. The Morgan fingerprint density at radius 2 is 1.88 bits per heavy atom. The molecule has 1 fully saturated rings. The second-order valence-electron chi connectivity index (χ2n) is 8.62. The van der Waals surface area contributed by atoms with E-state index in [0.29, 0.717) is 65.9 Å². The molecule has 1 spiro atoms. The van der Waals surface area contributed by atoms with Crippen molar-refractivity contribution in [1.82, 2.24) is 9.88 Å². The molecule has 32 heavy (non-hydrogen) atoms. The Balaban J connectivity index is 1.34. The molecule has 2 aromatic carbocycles. The number of Topliss-reactive ketones (excluding diaryl/α,β-unsaturated/α-hetero) is 1. The highest BCUT2D eigenvalue weighted by Gasteiger charge is 2.43. The van der Waals surface area contributed by atoms with E-state index in [1.807, 2.05) is 6.92 Å². The van der Waals surface area contributed by atoms with E-state index in [4.69, 9.17) is 9.47 Å². The van der Waals surface area contributed by atoms with Crippen LogP contribution in [0.2, 0.25) is 0 Å². The van der Waals surface area contributed by atoms with Crippen LogP contribution in [0.25, 0.3) is 10.9 Å². The molecule has 3 heterocycles. The molecule has 7 heteroatoms. The molecule has 5 rings (SSSR count). The van der Waals surface area contributed by atoms with Gasteiger partial charge in [-0.3, -0.25) is 14.4 Å². The first kappa shape index (κ1) is 20.3. The lowest BCUT2D eigenvalue weighted by atomic mass is 9.82. The molecule has 2 aliphatic heterocycles. The van der Waals surface area contributed by atoms with Crippen LogP contribution >= 0.6 is 0 Å². The van der Waals surface area contributed by atoms with Crippen molar-refractivity contribution < 1.29 is 19.1 Å². The number of nitrogens with one attached hydrogen (secondary N) is 1. The Bertz CT molecular complexity index is 1300. The molecular formula is C25H24N2O5. The summed E-state index contributed by atoms with van der Waals surface area (Å²) in [5, 5.41) is 0.502. The Kier molecular flexibility index (Phi) is 4.77. The minimum atomic E-state index is -0.606. The van der Waals surface area contributed by atoms with Crippen LogP contribution in [0.3, 0.4) is 0 Å². The lowest BCUT2D eigenvalue weighted by Crippen LogP contribution is -2.52. The van der Waals surface area contributed by atoms with E-state index in [9.17, 15) is 14.4 Å². The van der Waals surface area contributed by atoms with E-state index in [1.165, 1.54) is 6.07 Å². The topological polar surface area (TPSA) is 88.7 Å². The Labute approximate surface area is 184 Å². The quantitative estimate of drug-likeness (QED) is 0.670. The number of carbonyl (C=O) groups excluding carboxylic acids is 2. The molecule has 1 saturated heterocycles. The third-order valence-corrected chi connectivity index (χ3v) is 6.47. The highest BCUT2D eigenvalue weighted by Crippen LogP contribution is 2.41. The van der Waals surface area contributed by atoms with Crippen molar-refractivity contribution in [2.24, 2.45) is 0 Å². The predicted molar refractivity (Wildman–Crippen MR) is 120 cm³/mol. The van der Waals surface area contributed by atoms with Crippen molar-refractivity contribution in [3.05, 3.63) is 69.5 Å². The molecule has 7 nitrogen and oxygen atoms in total. The SMILES string of the molecule is COc1ccc2c(c1)OC1(CCN(C(=O)c3ccc4[nH]c(C)cc(=O)c4c3)CC1)CC2=O. The minimum Gasteiger partial charge on any atom is -0.497 e. The number of amides is 1. The number of pyridine rings is 1. The number of piperidine rings is 1. The first-order valence-corrected chi connectivity index (χ1v) is 10.7. The molecule has 1 aromatic heterocycles. The highest BCUT2D eigenvalue weighted by molar-refractivity contribution is 6.01. The van der Waals surface area contributed by atoms with Gasteiger partial charge < -0.3 is 19.4 Å². The van der Waals surface area contributed by atoms with Crippen LogP contribution in [0.15, 0.2) is 47.3 Å². The maximum absolute atomic E-state index is 13.1. The fourth-order valence-corrected chi connectivity index (χ4v) is 4.69. The number of ether oxygens (including phenoxy) is 2. The summed E-state index contributed by atoms with van der Waals surface area (Å²) in [5.74, 6) is 1.12. The minimum absolute atomic E-state index is 0.0535. The van der Waals surface area contributed by atoms with Crippen molar-refractivity contribution in [2.45, 2.75) is 31.8 Å². The largest absolute Gasteiger partial charge is 0.497 e. The van der Waals surface area contributed by atoms with Gasteiger partial charge in [-0.15, -0.1) is 0 Å². The molecular weight excluding hydrogens is 408 g/mol. The number of hydrogen-bond acceptors (Lipinski definition) is 5. The summed E-state index contributed by atoms with van der Waals surface area (Å²) < 4.78 is 11.6. The van der Waals surface area contributed by atoms with Crippen molar-refractivity contribution in [3.63, 3.8) is 0 Å². The molecule has 0 unspecified atom stereocenters.